The first-order chi connectivity index (χ1) is 8.91. The summed E-state index contributed by atoms with van der Waals surface area (Å²) in [5.41, 5.74) is 0.175. The Balaban J connectivity index is 2.73. The molecule has 0 aliphatic heterocycles. The summed E-state index contributed by atoms with van der Waals surface area (Å²) in [4.78, 5) is 22.6. The molecule has 1 atom stereocenters. The Bertz CT molecular complexity index is 521. The molecule has 1 aromatic rings. The van der Waals surface area contributed by atoms with Gasteiger partial charge in [-0.1, -0.05) is 6.07 Å². The van der Waals surface area contributed by atoms with Crippen LogP contribution in [0.1, 0.15) is 10.4 Å². The Morgan fingerprint density at radius 1 is 1.42 bits per heavy atom. The molecule has 0 saturated heterocycles. The molecule has 1 aromatic carbocycles. The van der Waals surface area contributed by atoms with Crippen LogP contribution < -0.4 is 10.6 Å². The maximum absolute atomic E-state index is 11.6. The fourth-order valence-corrected chi connectivity index (χ4v) is 2.15. The Kier molecular flexibility index (Phi) is 5.97. The van der Waals surface area contributed by atoms with Crippen molar-refractivity contribution in [1.82, 2.24) is 5.32 Å². The van der Waals surface area contributed by atoms with Gasteiger partial charge in [0.05, 0.1) is 11.3 Å². The van der Waals surface area contributed by atoms with Gasteiger partial charge in [-0.05, 0) is 28.1 Å². The number of carbonyl (C=O) groups is 2. The molecule has 0 spiro atoms. The van der Waals surface area contributed by atoms with E-state index in [1.54, 1.807) is 12.1 Å². The lowest BCUT2D eigenvalue weighted by Gasteiger charge is -2.11. The number of aromatic carboxylic acids is 1. The van der Waals surface area contributed by atoms with Gasteiger partial charge in [0.2, 0.25) is 0 Å². The summed E-state index contributed by atoms with van der Waals surface area (Å²) >= 11 is 3.18. The first-order valence-electron chi connectivity index (χ1n) is 5.28. The van der Waals surface area contributed by atoms with E-state index in [1.807, 2.05) is 0 Å². The van der Waals surface area contributed by atoms with Crippen LogP contribution in [0.25, 0.3) is 0 Å². The molecule has 0 heterocycles. The van der Waals surface area contributed by atoms with Crippen LogP contribution in [0.15, 0.2) is 22.7 Å². The van der Waals surface area contributed by atoms with E-state index < -0.39 is 22.8 Å². The Morgan fingerprint density at radius 2 is 2.11 bits per heavy atom. The topological polar surface area (TPSA) is 95.5 Å². The normalized spacial score (nSPS) is 11.7. The average molecular weight is 349 g/mol. The summed E-state index contributed by atoms with van der Waals surface area (Å²) in [6.07, 6.45) is 1.54. The molecule has 0 aromatic heterocycles. The van der Waals surface area contributed by atoms with Crippen LogP contribution >= 0.6 is 15.9 Å². The predicted octanol–water partition coefficient (Wildman–Crippen LogP) is 1.65. The summed E-state index contributed by atoms with van der Waals surface area (Å²) in [6, 6.07) is 4.05. The van der Waals surface area contributed by atoms with E-state index in [0.29, 0.717) is 10.2 Å². The van der Waals surface area contributed by atoms with Gasteiger partial charge in [0.25, 0.3) is 0 Å². The minimum atomic E-state index is -1.13. The monoisotopic (exact) mass is 348 g/mol. The number of amides is 2. The Labute approximate surface area is 121 Å². The van der Waals surface area contributed by atoms with Crippen molar-refractivity contribution in [2.75, 3.05) is 23.9 Å². The fraction of sp³-hybridized carbons (Fsp3) is 0.273. The van der Waals surface area contributed by atoms with Crippen molar-refractivity contribution < 1.29 is 18.9 Å². The van der Waals surface area contributed by atoms with Crippen LogP contribution in [0.5, 0.6) is 0 Å². The first kappa shape index (κ1) is 15.6. The Hall–Kier alpha value is -1.41. The number of carbonyl (C=O) groups excluding carboxylic acids is 1. The van der Waals surface area contributed by atoms with Crippen LogP contribution in [0.2, 0.25) is 0 Å². The van der Waals surface area contributed by atoms with Crippen LogP contribution in [0.4, 0.5) is 10.5 Å². The first-order valence-corrected chi connectivity index (χ1v) is 7.80. The van der Waals surface area contributed by atoms with Crippen LogP contribution in [0, 0.1) is 0 Å². The third-order valence-corrected chi connectivity index (χ3v) is 3.60. The summed E-state index contributed by atoms with van der Waals surface area (Å²) in [6.45, 7) is 0.252. The molecule has 2 amide bonds. The molecular weight excluding hydrogens is 336 g/mol. The van der Waals surface area contributed by atoms with Gasteiger partial charge in [0, 0.05) is 33.8 Å². The molecule has 0 radical (unpaired) electrons. The summed E-state index contributed by atoms with van der Waals surface area (Å²) in [5.74, 6) is -0.791. The van der Waals surface area contributed by atoms with E-state index in [9.17, 15) is 13.8 Å². The highest BCUT2D eigenvalue weighted by Crippen LogP contribution is 2.26. The van der Waals surface area contributed by atoms with E-state index in [2.05, 4.69) is 26.6 Å². The summed E-state index contributed by atoms with van der Waals surface area (Å²) in [7, 11) is -0.990. The van der Waals surface area contributed by atoms with Crippen LogP contribution in [-0.4, -0.2) is 39.9 Å². The number of nitrogens with one attached hydrogen (secondary N) is 2. The van der Waals surface area contributed by atoms with Gasteiger partial charge in [-0.3, -0.25) is 4.21 Å². The maximum atomic E-state index is 11.6. The minimum absolute atomic E-state index is 0.0106. The highest BCUT2D eigenvalue weighted by molar-refractivity contribution is 9.10. The number of rotatable bonds is 5. The van der Waals surface area contributed by atoms with Crippen molar-refractivity contribution in [1.29, 1.82) is 0 Å². The molecule has 0 aliphatic carbocycles. The van der Waals surface area contributed by atoms with Crippen molar-refractivity contribution in [2.24, 2.45) is 0 Å². The van der Waals surface area contributed by atoms with Crippen LogP contribution in [-0.2, 0) is 10.8 Å². The van der Waals surface area contributed by atoms with Gasteiger partial charge < -0.3 is 15.7 Å². The highest BCUT2D eigenvalue weighted by atomic mass is 79.9. The van der Waals surface area contributed by atoms with Gasteiger partial charge in [0.1, 0.15) is 0 Å². The number of hydrogen-bond acceptors (Lipinski definition) is 3. The van der Waals surface area contributed by atoms with Gasteiger partial charge in [-0.15, -0.1) is 0 Å². The molecule has 1 rings (SSSR count). The quantitative estimate of drug-likeness (QED) is 0.753. The smallest absolute Gasteiger partial charge is 0.337 e. The second-order valence-electron chi connectivity index (χ2n) is 3.63. The lowest BCUT2D eigenvalue weighted by Crippen LogP contribution is -2.32. The van der Waals surface area contributed by atoms with Gasteiger partial charge in [-0.2, -0.15) is 0 Å². The molecule has 104 valence electrons. The molecule has 0 fully saturated rings. The number of hydrogen-bond donors (Lipinski definition) is 3. The maximum Gasteiger partial charge on any atom is 0.337 e. The average Bonchev–Trinajstić information content (AvgIpc) is 2.30. The second-order valence-corrected chi connectivity index (χ2v) is 6.03. The fourth-order valence-electron chi connectivity index (χ4n) is 1.30. The largest absolute Gasteiger partial charge is 0.478 e. The van der Waals surface area contributed by atoms with Crippen molar-refractivity contribution in [3.05, 3.63) is 28.2 Å². The molecule has 19 heavy (non-hydrogen) atoms. The third kappa shape index (κ3) is 4.99. The molecular formula is C11H13BrN2O4S. The second kappa shape index (κ2) is 7.25. The number of urea groups is 1. The van der Waals surface area contributed by atoms with E-state index in [1.165, 1.54) is 12.3 Å². The zero-order valence-corrected chi connectivity index (χ0v) is 12.5. The van der Waals surface area contributed by atoms with E-state index in [4.69, 9.17) is 5.11 Å². The van der Waals surface area contributed by atoms with Gasteiger partial charge in [0.15, 0.2) is 0 Å². The lowest BCUT2D eigenvalue weighted by atomic mass is 10.2. The highest BCUT2D eigenvalue weighted by Gasteiger charge is 2.14. The number of carboxylic acid groups (broad SMARTS) is 1. The molecule has 0 aliphatic rings. The molecule has 6 nitrogen and oxygen atoms in total. The predicted molar refractivity (Wildman–Crippen MR) is 77.1 cm³/mol. The van der Waals surface area contributed by atoms with Gasteiger partial charge in [-0.25, -0.2) is 9.59 Å². The number of anilines is 1. The zero-order chi connectivity index (χ0) is 14.4. The number of carboxylic acids is 1. The summed E-state index contributed by atoms with van der Waals surface area (Å²) in [5, 5.41) is 14.0. The molecule has 8 heteroatoms. The van der Waals surface area contributed by atoms with Crippen molar-refractivity contribution >= 4 is 44.4 Å². The van der Waals surface area contributed by atoms with Crippen LogP contribution in [0.3, 0.4) is 0 Å². The Morgan fingerprint density at radius 3 is 2.68 bits per heavy atom. The van der Waals surface area contributed by atoms with Crippen molar-refractivity contribution in [3.63, 3.8) is 0 Å². The SMILES string of the molecule is CS(=O)CCNC(=O)Nc1c(Br)cccc1C(=O)O. The molecule has 0 bridgehead atoms. The van der Waals surface area contributed by atoms with Crippen molar-refractivity contribution in [3.8, 4) is 0 Å². The number of halogens is 1. The zero-order valence-electron chi connectivity index (χ0n) is 10.1. The van der Waals surface area contributed by atoms with E-state index in [0.717, 1.165) is 0 Å². The lowest BCUT2D eigenvalue weighted by molar-refractivity contribution is 0.0698. The van der Waals surface area contributed by atoms with Crippen molar-refractivity contribution in [2.45, 2.75) is 0 Å². The number of benzene rings is 1. The number of para-hydroxylation sites is 1. The van der Waals surface area contributed by atoms with E-state index >= 15 is 0 Å². The summed E-state index contributed by atoms with van der Waals surface area (Å²) < 4.78 is 11.3. The van der Waals surface area contributed by atoms with Gasteiger partial charge >= 0.3 is 12.0 Å². The standard InChI is InChI=1S/C11H13BrN2O4S/c1-19(18)6-5-13-11(17)14-9-7(10(15)16)3-2-4-8(9)12/h2-4H,5-6H2,1H3,(H,15,16)(H2,13,14,17). The third-order valence-electron chi connectivity index (χ3n) is 2.16. The minimum Gasteiger partial charge on any atom is -0.478 e. The van der Waals surface area contributed by atoms with E-state index in [-0.39, 0.29) is 17.8 Å². The molecule has 1 unspecified atom stereocenters. The molecule has 3 N–H and O–H groups in total. The molecule has 0 saturated carbocycles.